The molecule has 1 amide bonds. The minimum absolute atomic E-state index is 0.0374. The third-order valence-electron chi connectivity index (χ3n) is 3.34. The van der Waals surface area contributed by atoms with Crippen molar-refractivity contribution in [1.82, 2.24) is 9.88 Å². The van der Waals surface area contributed by atoms with E-state index in [0.717, 1.165) is 11.4 Å². The van der Waals surface area contributed by atoms with Gasteiger partial charge in [-0.15, -0.1) is 0 Å². The highest BCUT2D eigenvalue weighted by Gasteiger charge is 2.19. The van der Waals surface area contributed by atoms with Gasteiger partial charge in [0.2, 0.25) is 0 Å². The zero-order valence-corrected chi connectivity index (χ0v) is 11.7. The molecule has 0 radical (unpaired) electrons. The van der Waals surface area contributed by atoms with Crippen molar-refractivity contribution >= 4 is 17.3 Å². The molecule has 1 aromatic carbocycles. The minimum atomic E-state index is -0.0374. The number of anilines is 2. The Kier molecular flexibility index (Phi) is 4.12. The number of hydrogen-bond donors (Lipinski definition) is 1. The van der Waals surface area contributed by atoms with Crippen molar-refractivity contribution in [2.75, 3.05) is 31.6 Å². The Labute approximate surface area is 123 Å². The van der Waals surface area contributed by atoms with E-state index >= 15 is 0 Å². The molecule has 21 heavy (non-hydrogen) atoms. The standard InChI is InChI=1S/C16H17N3O2/c20-16(19-8-10-21-11-9-19)15-7-6-14(12-17-15)18-13-4-2-1-3-5-13/h1-7,12,18H,8-11H2. The summed E-state index contributed by atoms with van der Waals surface area (Å²) in [5.41, 5.74) is 2.32. The number of nitrogens with zero attached hydrogens (tertiary/aromatic N) is 2. The molecule has 2 aromatic rings. The first-order valence-electron chi connectivity index (χ1n) is 6.98. The quantitative estimate of drug-likeness (QED) is 0.939. The van der Waals surface area contributed by atoms with Crippen LogP contribution in [0.25, 0.3) is 0 Å². The van der Waals surface area contributed by atoms with Crippen molar-refractivity contribution in [2.24, 2.45) is 0 Å². The fraction of sp³-hybridized carbons (Fsp3) is 0.250. The summed E-state index contributed by atoms with van der Waals surface area (Å²) in [7, 11) is 0. The van der Waals surface area contributed by atoms with E-state index in [2.05, 4.69) is 10.3 Å². The molecule has 1 aliphatic heterocycles. The van der Waals surface area contributed by atoms with Crippen LogP contribution in [-0.2, 0) is 4.74 Å². The molecule has 1 fully saturated rings. The molecule has 1 N–H and O–H groups in total. The van der Waals surface area contributed by atoms with Crippen molar-refractivity contribution in [3.8, 4) is 0 Å². The molecule has 2 heterocycles. The number of pyridine rings is 1. The normalized spacial score (nSPS) is 14.8. The Balaban J connectivity index is 1.67. The van der Waals surface area contributed by atoms with Crippen molar-refractivity contribution in [2.45, 2.75) is 0 Å². The van der Waals surface area contributed by atoms with Crippen LogP contribution in [0.5, 0.6) is 0 Å². The Morgan fingerprint density at radius 3 is 2.48 bits per heavy atom. The second-order valence-corrected chi connectivity index (χ2v) is 4.83. The molecule has 1 aromatic heterocycles. The number of aromatic nitrogens is 1. The fourth-order valence-electron chi connectivity index (χ4n) is 2.21. The first kappa shape index (κ1) is 13.6. The van der Waals surface area contributed by atoms with E-state index in [1.54, 1.807) is 17.2 Å². The van der Waals surface area contributed by atoms with E-state index in [9.17, 15) is 4.79 Å². The third-order valence-corrected chi connectivity index (χ3v) is 3.34. The maximum Gasteiger partial charge on any atom is 0.272 e. The van der Waals surface area contributed by atoms with Gasteiger partial charge >= 0.3 is 0 Å². The smallest absolute Gasteiger partial charge is 0.272 e. The number of amides is 1. The van der Waals surface area contributed by atoms with Gasteiger partial charge in [-0.2, -0.15) is 0 Å². The number of carbonyl (C=O) groups excluding carboxylic acids is 1. The molecule has 1 aliphatic rings. The van der Waals surface area contributed by atoms with Gasteiger partial charge in [-0.25, -0.2) is 4.98 Å². The maximum atomic E-state index is 12.3. The Bertz CT molecular complexity index is 593. The first-order valence-corrected chi connectivity index (χ1v) is 6.98. The number of hydrogen-bond acceptors (Lipinski definition) is 4. The van der Waals surface area contributed by atoms with Crippen LogP contribution in [-0.4, -0.2) is 42.1 Å². The summed E-state index contributed by atoms with van der Waals surface area (Å²) in [5.74, 6) is -0.0374. The lowest BCUT2D eigenvalue weighted by Gasteiger charge is -2.26. The van der Waals surface area contributed by atoms with Crippen LogP contribution in [0.4, 0.5) is 11.4 Å². The molecule has 3 rings (SSSR count). The van der Waals surface area contributed by atoms with Crippen molar-refractivity contribution in [3.05, 3.63) is 54.4 Å². The average molecular weight is 283 g/mol. The van der Waals surface area contributed by atoms with E-state index in [-0.39, 0.29) is 5.91 Å². The SMILES string of the molecule is O=C(c1ccc(Nc2ccccc2)cn1)N1CCOCC1. The van der Waals surface area contributed by atoms with Crippen molar-refractivity contribution < 1.29 is 9.53 Å². The number of morpholine rings is 1. The lowest BCUT2D eigenvalue weighted by Crippen LogP contribution is -2.41. The largest absolute Gasteiger partial charge is 0.378 e. The molecular weight excluding hydrogens is 266 g/mol. The highest BCUT2D eigenvalue weighted by atomic mass is 16.5. The summed E-state index contributed by atoms with van der Waals surface area (Å²) < 4.78 is 5.25. The van der Waals surface area contributed by atoms with Crippen LogP contribution >= 0.6 is 0 Å². The summed E-state index contributed by atoms with van der Waals surface area (Å²) in [6.45, 7) is 2.45. The molecule has 0 atom stereocenters. The van der Waals surface area contributed by atoms with E-state index in [4.69, 9.17) is 4.74 Å². The lowest BCUT2D eigenvalue weighted by atomic mass is 10.2. The molecule has 0 bridgehead atoms. The van der Waals surface area contributed by atoms with Crippen LogP contribution < -0.4 is 5.32 Å². The van der Waals surface area contributed by atoms with E-state index in [0.29, 0.717) is 32.0 Å². The molecule has 0 aliphatic carbocycles. The van der Waals surface area contributed by atoms with E-state index in [1.807, 2.05) is 36.4 Å². The summed E-state index contributed by atoms with van der Waals surface area (Å²) >= 11 is 0. The van der Waals surface area contributed by atoms with Gasteiger partial charge < -0.3 is 15.0 Å². The van der Waals surface area contributed by atoms with Crippen LogP contribution in [0, 0.1) is 0 Å². The van der Waals surface area contributed by atoms with Crippen LogP contribution in [0.1, 0.15) is 10.5 Å². The minimum Gasteiger partial charge on any atom is -0.378 e. The Morgan fingerprint density at radius 1 is 1.05 bits per heavy atom. The zero-order valence-electron chi connectivity index (χ0n) is 11.7. The molecule has 0 unspecified atom stereocenters. The summed E-state index contributed by atoms with van der Waals surface area (Å²) in [5, 5.41) is 3.24. The van der Waals surface area contributed by atoms with Gasteiger partial charge in [0.1, 0.15) is 5.69 Å². The topological polar surface area (TPSA) is 54.5 Å². The molecule has 5 heteroatoms. The van der Waals surface area contributed by atoms with Crippen molar-refractivity contribution in [3.63, 3.8) is 0 Å². The van der Waals surface area contributed by atoms with Crippen LogP contribution in [0.3, 0.4) is 0 Å². The highest BCUT2D eigenvalue weighted by molar-refractivity contribution is 5.92. The van der Waals surface area contributed by atoms with Gasteiger partial charge in [0.25, 0.3) is 5.91 Å². The Morgan fingerprint density at radius 2 is 1.81 bits per heavy atom. The molecule has 1 saturated heterocycles. The summed E-state index contributed by atoms with van der Waals surface area (Å²) in [6, 6.07) is 13.5. The summed E-state index contributed by atoms with van der Waals surface area (Å²) in [4.78, 5) is 18.3. The molecule has 0 spiro atoms. The van der Waals surface area contributed by atoms with E-state index in [1.165, 1.54) is 0 Å². The molecular formula is C16H17N3O2. The monoisotopic (exact) mass is 283 g/mol. The number of carbonyl (C=O) groups is 1. The van der Waals surface area contributed by atoms with Crippen LogP contribution in [0.15, 0.2) is 48.7 Å². The second-order valence-electron chi connectivity index (χ2n) is 4.83. The van der Waals surface area contributed by atoms with Gasteiger partial charge in [0.15, 0.2) is 0 Å². The zero-order chi connectivity index (χ0) is 14.5. The molecule has 108 valence electrons. The van der Waals surface area contributed by atoms with Gasteiger partial charge in [-0.1, -0.05) is 18.2 Å². The number of ether oxygens (including phenoxy) is 1. The third kappa shape index (κ3) is 3.38. The number of benzene rings is 1. The fourth-order valence-corrected chi connectivity index (χ4v) is 2.21. The maximum absolute atomic E-state index is 12.3. The average Bonchev–Trinajstić information content (AvgIpc) is 2.57. The van der Waals surface area contributed by atoms with Crippen molar-refractivity contribution in [1.29, 1.82) is 0 Å². The van der Waals surface area contributed by atoms with Gasteiger partial charge in [-0.05, 0) is 24.3 Å². The first-order chi connectivity index (χ1) is 10.3. The molecule has 5 nitrogen and oxygen atoms in total. The van der Waals surface area contributed by atoms with E-state index < -0.39 is 0 Å². The summed E-state index contributed by atoms with van der Waals surface area (Å²) in [6.07, 6.45) is 1.68. The van der Waals surface area contributed by atoms with Gasteiger partial charge in [0.05, 0.1) is 25.1 Å². The Hall–Kier alpha value is -2.40. The highest BCUT2D eigenvalue weighted by Crippen LogP contribution is 2.15. The number of para-hydroxylation sites is 1. The molecule has 0 saturated carbocycles. The van der Waals surface area contributed by atoms with Crippen LogP contribution in [0.2, 0.25) is 0 Å². The predicted octanol–water partition coefficient (Wildman–Crippen LogP) is 2.30. The second kappa shape index (κ2) is 6.37. The van der Waals surface area contributed by atoms with Gasteiger partial charge in [-0.3, -0.25) is 4.79 Å². The van der Waals surface area contributed by atoms with Gasteiger partial charge in [0, 0.05) is 18.8 Å². The lowest BCUT2D eigenvalue weighted by molar-refractivity contribution is 0.0299. The predicted molar refractivity (Wildman–Crippen MR) is 80.7 cm³/mol. The number of rotatable bonds is 3. The number of nitrogens with one attached hydrogen (secondary N) is 1.